The first-order valence-corrected chi connectivity index (χ1v) is 20.3. The molecule has 30 heavy (non-hydrogen) atoms. The van der Waals surface area contributed by atoms with Gasteiger partial charge in [-0.05, 0) is 61.1 Å². The van der Waals surface area contributed by atoms with E-state index in [0.717, 1.165) is 0 Å². The molecular weight excluding hydrogens is 695 g/mol. The van der Waals surface area contributed by atoms with Gasteiger partial charge in [0.05, 0.1) is 13.3 Å². The Morgan fingerprint density at radius 1 is 0.600 bits per heavy atom. The van der Waals surface area contributed by atoms with Gasteiger partial charge in [0.25, 0.3) is 0 Å². The van der Waals surface area contributed by atoms with Crippen LogP contribution in [-0.4, -0.2) is 24.9 Å². The van der Waals surface area contributed by atoms with Crippen molar-refractivity contribution >= 4 is 54.8 Å². The predicted molar refractivity (Wildman–Crippen MR) is 139 cm³/mol. The molecule has 0 nitrogen and oxygen atoms in total. The molecule has 0 bridgehead atoms. The second kappa shape index (κ2) is 13.1. The van der Waals surface area contributed by atoms with Crippen molar-refractivity contribution in [1.29, 1.82) is 0 Å². The zero-order valence-corrected chi connectivity index (χ0v) is 25.7. The molecular formula is C24H28AuCl3GeP+2. The van der Waals surface area contributed by atoms with E-state index in [1.165, 1.54) is 44.5 Å². The molecule has 0 aliphatic carbocycles. The van der Waals surface area contributed by atoms with Gasteiger partial charge in [0.2, 0.25) is 0 Å². The van der Waals surface area contributed by atoms with Gasteiger partial charge < -0.3 is 0 Å². The van der Waals surface area contributed by atoms with Crippen LogP contribution in [0.5, 0.6) is 0 Å². The van der Waals surface area contributed by atoms with E-state index in [0.29, 0.717) is 0 Å². The second-order valence-electron chi connectivity index (χ2n) is 7.48. The summed E-state index contributed by atoms with van der Waals surface area (Å²) in [6, 6.07) is 20.1. The van der Waals surface area contributed by atoms with E-state index in [1.807, 2.05) is 0 Å². The summed E-state index contributed by atoms with van der Waals surface area (Å²) < 4.78 is 0. The average molecular weight is 723 g/mol. The van der Waals surface area contributed by atoms with Crippen LogP contribution in [0.25, 0.3) is 22.3 Å². The first-order chi connectivity index (χ1) is 13.6. The van der Waals surface area contributed by atoms with E-state index in [-0.39, 0.29) is 22.4 Å². The van der Waals surface area contributed by atoms with Gasteiger partial charge in [-0.2, -0.15) is 0 Å². The van der Waals surface area contributed by atoms with Crippen LogP contribution in [0.3, 0.4) is 0 Å². The van der Waals surface area contributed by atoms with Crippen molar-refractivity contribution in [2.24, 2.45) is 0 Å². The molecule has 0 heterocycles. The average Bonchev–Trinajstić information content (AvgIpc) is 2.61. The van der Waals surface area contributed by atoms with Gasteiger partial charge in [-0.15, -0.1) is 0 Å². The topological polar surface area (TPSA) is 0 Å². The van der Waals surface area contributed by atoms with E-state index >= 15 is 0 Å². The Hall–Kier alpha value is 0.243. The molecule has 3 aromatic rings. The van der Waals surface area contributed by atoms with Crippen molar-refractivity contribution in [3.63, 3.8) is 0 Å². The molecule has 0 saturated carbocycles. The molecule has 0 atom stereocenters. The van der Waals surface area contributed by atoms with E-state index in [4.69, 9.17) is 30.0 Å². The Kier molecular flexibility index (Phi) is 12.3. The zero-order chi connectivity index (χ0) is 21.7. The molecule has 6 heteroatoms. The molecule has 0 aliphatic heterocycles. The summed E-state index contributed by atoms with van der Waals surface area (Å²) in [4.78, 5) is 0. The fourth-order valence-corrected chi connectivity index (χ4v) is 5.48. The molecule has 0 spiro atoms. The third-order valence-corrected chi connectivity index (χ3v) is 6.60. The minimum absolute atomic E-state index is 0. The fraction of sp³-hybridized carbons (Fsp3) is 0.250. The standard InChI is InChI=1S/C24H27P.Au.Cl3Ge/c1-16-10-7-11-17(2)22(16)20-14-9-15-21(24(20)25(5)6)23-18(3)12-8-13-19(23)4;;1-4(2)3/h7-15H,1-6H3;;/q;+1;/p+1. The quantitative estimate of drug-likeness (QED) is 0.190. The predicted octanol–water partition coefficient (Wildman–Crippen LogP) is 8.04. The van der Waals surface area contributed by atoms with Crippen molar-refractivity contribution in [1.82, 2.24) is 0 Å². The Bertz CT molecular complexity index is 877. The molecule has 1 radical (unpaired) electrons. The molecule has 3 rings (SSSR count). The van der Waals surface area contributed by atoms with E-state index in [2.05, 4.69) is 95.6 Å². The second-order valence-corrected chi connectivity index (χ2v) is 19.8. The Balaban J connectivity index is 0.000000827. The number of rotatable bonds is 3. The SMILES string of the molecule is Cc1cccc(C)c1-c1cccc(-c2c(C)cccc2C)c1[PH+](C)C.[Au+].[Cl][Ge]([Cl])[Cl]. The summed E-state index contributed by atoms with van der Waals surface area (Å²) in [7, 11) is 14.3. The van der Waals surface area contributed by atoms with Gasteiger partial charge in [-0.25, -0.2) is 0 Å². The molecule has 3 aromatic carbocycles. The van der Waals surface area contributed by atoms with Crippen LogP contribution < -0.4 is 5.30 Å². The van der Waals surface area contributed by atoms with Gasteiger partial charge in [0, 0.05) is 19.0 Å². The molecule has 0 aliphatic rings. The van der Waals surface area contributed by atoms with E-state index in [1.54, 1.807) is 5.30 Å². The Morgan fingerprint density at radius 2 is 0.867 bits per heavy atom. The summed E-state index contributed by atoms with van der Waals surface area (Å²) in [6.07, 6.45) is 0. The Morgan fingerprint density at radius 3 is 1.13 bits per heavy atom. The molecule has 0 unspecified atom stereocenters. The molecule has 0 N–H and O–H groups in total. The summed E-state index contributed by atoms with van der Waals surface area (Å²) in [6.45, 7) is 13.7. The molecule has 0 amide bonds. The van der Waals surface area contributed by atoms with Crippen LogP contribution in [0.2, 0.25) is 0 Å². The monoisotopic (exact) mass is 723 g/mol. The van der Waals surface area contributed by atoms with E-state index < -0.39 is 19.5 Å². The van der Waals surface area contributed by atoms with Crippen LogP contribution in [0, 0.1) is 27.7 Å². The molecule has 0 saturated heterocycles. The minimum atomic E-state index is -1.92. The van der Waals surface area contributed by atoms with Crippen LogP contribution in [0.15, 0.2) is 54.6 Å². The van der Waals surface area contributed by atoms with Crippen molar-refractivity contribution < 1.29 is 22.4 Å². The summed E-state index contributed by atoms with van der Waals surface area (Å²) >= 11 is -1.92. The van der Waals surface area contributed by atoms with Crippen LogP contribution in [0.1, 0.15) is 22.3 Å². The first kappa shape index (κ1) is 28.3. The maximum absolute atomic E-state index is 4.97. The van der Waals surface area contributed by atoms with Crippen molar-refractivity contribution in [2.45, 2.75) is 27.7 Å². The van der Waals surface area contributed by atoms with Gasteiger partial charge in [-0.3, -0.25) is 0 Å². The molecule has 163 valence electrons. The number of hydrogen-bond acceptors (Lipinski definition) is 0. The fourth-order valence-electron chi connectivity index (χ4n) is 3.99. The number of benzene rings is 3. The van der Waals surface area contributed by atoms with Crippen LogP contribution in [-0.2, 0) is 22.4 Å². The third-order valence-electron chi connectivity index (χ3n) is 5.07. The molecule has 0 fully saturated rings. The van der Waals surface area contributed by atoms with Gasteiger partial charge in [-0.1, -0.05) is 54.6 Å². The normalized spacial score (nSPS) is 10.5. The van der Waals surface area contributed by atoms with Crippen molar-refractivity contribution in [3.8, 4) is 22.3 Å². The first-order valence-electron chi connectivity index (χ1n) is 9.55. The van der Waals surface area contributed by atoms with Gasteiger partial charge >= 0.3 is 64.0 Å². The zero-order valence-electron chi connectivity index (χ0n) is 18.1. The number of halogens is 3. The van der Waals surface area contributed by atoms with Crippen molar-refractivity contribution in [2.75, 3.05) is 13.3 Å². The van der Waals surface area contributed by atoms with Gasteiger partial charge in [0.15, 0.2) is 0 Å². The van der Waals surface area contributed by atoms with E-state index in [9.17, 15) is 0 Å². The summed E-state index contributed by atoms with van der Waals surface area (Å²) in [5.74, 6) is 0. The van der Waals surface area contributed by atoms with Crippen molar-refractivity contribution in [3.05, 3.63) is 76.9 Å². The van der Waals surface area contributed by atoms with Gasteiger partial charge in [0.1, 0.15) is 5.30 Å². The summed E-state index contributed by atoms with van der Waals surface area (Å²) in [5.41, 5.74) is 11.1. The Labute approximate surface area is 215 Å². The van der Waals surface area contributed by atoms with Crippen LogP contribution >= 0.6 is 38.0 Å². The summed E-state index contributed by atoms with van der Waals surface area (Å²) in [5, 5.41) is 1.56. The third kappa shape index (κ3) is 7.12. The maximum atomic E-state index is 4.97. The molecule has 0 aromatic heterocycles. The number of aryl methyl sites for hydroxylation is 4. The van der Waals surface area contributed by atoms with Crippen LogP contribution in [0.4, 0.5) is 0 Å². The number of hydrogen-bond donors (Lipinski definition) is 0.